The van der Waals surface area contributed by atoms with Crippen molar-refractivity contribution < 1.29 is 22.9 Å². The van der Waals surface area contributed by atoms with Gasteiger partial charge in [0.2, 0.25) is 0 Å². The number of phenols is 2. The second kappa shape index (κ2) is 15.4. The van der Waals surface area contributed by atoms with E-state index >= 15 is 0 Å². The molecule has 0 radical (unpaired) electrons. The zero-order valence-electron chi connectivity index (χ0n) is 27.3. The molecule has 0 fully saturated rings. The maximum atomic E-state index is 10.5. The van der Waals surface area contributed by atoms with Gasteiger partial charge in [0.1, 0.15) is 11.5 Å². The van der Waals surface area contributed by atoms with Crippen LogP contribution in [0.5, 0.6) is 11.5 Å². The fraction of sp³-hybridized carbons (Fsp3) is 0.600. The van der Waals surface area contributed by atoms with E-state index < -0.39 is 42.0 Å². The van der Waals surface area contributed by atoms with Crippen LogP contribution >= 0.6 is 0 Å². The first-order valence-corrected chi connectivity index (χ1v) is 30.1. The molecule has 5 nitrogen and oxygen atoms in total. The van der Waals surface area contributed by atoms with Crippen molar-refractivity contribution in [1.29, 1.82) is 0 Å². The summed E-state index contributed by atoms with van der Waals surface area (Å²) in [5.74, 6) is 0.718. The molecule has 0 bridgehead atoms. The lowest BCUT2D eigenvalue weighted by atomic mass is 9.97. The minimum atomic E-state index is -1.69. The van der Waals surface area contributed by atoms with Crippen LogP contribution in [0, 0.1) is 0 Å². The van der Waals surface area contributed by atoms with Gasteiger partial charge in [-0.1, -0.05) is 12.1 Å². The van der Waals surface area contributed by atoms with Crippen LogP contribution in [0.2, 0.25) is 90.7 Å². The summed E-state index contributed by atoms with van der Waals surface area (Å²) in [5, 5.41) is 21.0. The second-order valence-corrected chi connectivity index (χ2v) is 34.2. The van der Waals surface area contributed by atoms with Gasteiger partial charge in [0.15, 0.2) is 33.3 Å². The molecule has 0 amide bonds. The Bertz CT molecular complexity index is 1020. The van der Waals surface area contributed by atoms with Crippen molar-refractivity contribution in [3.8, 4) is 22.6 Å². The normalized spacial score (nSPS) is 12.6. The SMILES string of the molecule is C[Si](C)(C)O[Si](C)(C)CCCc1cc(-c2ccc(O)c(CCC[Si](C)(C)O[Si](C)(C)C)c2)ccc1O.C[Si](C)=O. The third kappa shape index (κ3) is 15.7. The molecule has 10 heteroatoms. The largest absolute Gasteiger partial charge is 0.508 e. The summed E-state index contributed by atoms with van der Waals surface area (Å²) in [6.07, 6.45) is 3.71. The van der Waals surface area contributed by atoms with Gasteiger partial charge in [-0.2, -0.15) is 0 Å². The number of aromatic hydroxyl groups is 2. The van der Waals surface area contributed by atoms with Crippen LogP contribution in [-0.2, 0) is 25.5 Å². The van der Waals surface area contributed by atoms with Crippen molar-refractivity contribution in [2.24, 2.45) is 0 Å². The first-order chi connectivity index (χ1) is 18.1. The Hall–Kier alpha value is -1.16. The topological polar surface area (TPSA) is 76.0 Å². The van der Waals surface area contributed by atoms with E-state index in [1.165, 1.54) is 0 Å². The van der Waals surface area contributed by atoms with Gasteiger partial charge in [-0.15, -0.1) is 0 Å². The molecule has 0 atom stereocenters. The van der Waals surface area contributed by atoms with Gasteiger partial charge in [-0.05, 0) is 163 Å². The molecule has 2 aromatic carbocycles. The van der Waals surface area contributed by atoms with Crippen LogP contribution in [0.15, 0.2) is 36.4 Å². The van der Waals surface area contributed by atoms with E-state index in [-0.39, 0.29) is 0 Å². The molecular formula is C30H56O5Si5. The third-order valence-electron chi connectivity index (χ3n) is 6.11. The summed E-state index contributed by atoms with van der Waals surface area (Å²) in [7, 11) is -7.59. The molecule has 0 saturated heterocycles. The average molecular weight is 637 g/mol. The number of hydrogen-bond acceptors (Lipinski definition) is 5. The Morgan fingerprint density at radius 2 is 0.925 bits per heavy atom. The van der Waals surface area contributed by atoms with Gasteiger partial charge in [0.25, 0.3) is 8.68 Å². The molecule has 2 N–H and O–H groups in total. The van der Waals surface area contributed by atoms with E-state index in [1.54, 1.807) is 25.2 Å². The van der Waals surface area contributed by atoms with Crippen LogP contribution in [0.4, 0.5) is 0 Å². The molecule has 0 unspecified atom stereocenters. The van der Waals surface area contributed by atoms with Crippen LogP contribution in [0.3, 0.4) is 0 Å². The van der Waals surface area contributed by atoms with Gasteiger partial charge < -0.3 is 22.9 Å². The van der Waals surface area contributed by atoms with Crippen molar-refractivity contribution in [1.82, 2.24) is 0 Å². The lowest BCUT2D eigenvalue weighted by molar-refractivity contribution is 0.466. The number of rotatable bonds is 13. The van der Waals surface area contributed by atoms with E-state index in [2.05, 4.69) is 77.6 Å². The molecule has 2 rings (SSSR count). The lowest BCUT2D eigenvalue weighted by Crippen LogP contribution is -2.42. The highest BCUT2D eigenvalue weighted by molar-refractivity contribution is 6.84. The quantitative estimate of drug-likeness (QED) is 0.214. The smallest absolute Gasteiger partial charge is 0.270 e. The fourth-order valence-corrected chi connectivity index (χ4v) is 21.2. The minimum Gasteiger partial charge on any atom is -0.508 e. The van der Waals surface area contributed by atoms with Gasteiger partial charge in [-0.25, -0.2) is 0 Å². The standard InChI is InChI=1S/C28H50O4Si4.C2H6OSi/c1-33(2,3)31-35(7,8)19-11-13-25-21-23(15-17-27(25)29)24-16-18-28(30)26(22-24)14-12-20-36(9,10)32-34(4,5)6;1-4(2)3/h15-18,21-22,29-30H,11-14,19-20H2,1-10H3;1-2H3. The molecule has 0 aliphatic heterocycles. The highest BCUT2D eigenvalue weighted by Gasteiger charge is 2.30. The fourth-order valence-electron chi connectivity index (χ4n) is 5.10. The molecule has 226 valence electrons. The number of aryl methyl sites for hydroxylation is 2. The van der Waals surface area contributed by atoms with Crippen molar-refractivity contribution in [3.63, 3.8) is 0 Å². The van der Waals surface area contributed by atoms with Crippen molar-refractivity contribution in [2.75, 3.05) is 0 Å². The van der Waals surface area contributed by atoms with Gasteiger partial charge in [-0.3, -0.25) is 0 Å². The highest BCUT2D eigenvalue weighted by Crippen LogP contribution is 2.32. The zero-order valence-corrected chi connectivity index (χ0v) is 32.3. The lowest BCUT2D eigenvalue weighted by Gasteiger charge is -2.31. The van der Waals surface area contributed by atoms with Crippen LogP contribution in [-0.4, -0.2) is 52.2 Å². The molecule has 0 saturated carbocycles. The second-order valence-electron chi connectivity index (χ2n) is 14.3. The molecule has 0 heterocycles. The van der Waals surface area contributed by atoms with E-state index in [0.29, 0.717) is 11.5 Å². The third-order valence-corrected chi connectivity index (χ3v) is 18.5. The number of phenolic OH excluding ortho intramolecular Hbond substituents is 2. The first-order valence-electron chi connectivity index (χ1n) is 14.6. The van der Waals surface area contributed by atoms with Gasteiger partial charge in [0.05, 0.1) is 0 Å². The maximum Gasteiger partial charge on any atom is 0.270 e. The van der Waals surface area contributed by atoms with Crippen LogP contribution in [0.1, 0.15) is 24.0 Å². The molecule has 40 heavy (non-hydrogen) atoms. The monoisotopic (exact) mass is 636 g/mol. The average Bonchev–Trinajstić information content (AvgIpc) is 2.72. The van der Waals surface area contributed by atoms with E-state index in [9.17, 15) is 14.7 Å². The zero-order chi connectivity index (χ0) is 30.9. The number of hydrogen-bond donors (Lipinski definition) is 2. The summed E-state index contributed by atoms with van der Waals surface area (Å²) in [5.41, 5.74) is 4.12. The predicted molar refractivity (Wildman–Crippen MR) is 183 cm³/mol. The minimum absolute atomic E-state index is 0.359. The summed E-state index contributed by atoms with van der Waals surface area (Å²) < 4.78 is 22.6. The molecule has 2 aromatic rings. The van der Waals surface area contributed by atoms with Crippen molar-refractivity contribution >= 4 is 42.0 Å². The van der Waals surface area contributed by atoms with Crippen molar-refractivity contribution in [3.05, 3.63) is 47.5 Å². The van der Waals surface area contributed by atoms with E-state index in [1.807, 2.05) is 12.1 Å². The Kier molecular flexibility index (Phi) is 14.2. The summed E-state index contributed by atoms with van der Waals surface area (Å²) >= 11 is 0. The molecule has 0 aliphatic rings. The van der Waals surface area contributed by atoms with Gasteiger partial charge in [0, 0.05) is 0 Å². The Balaban J connectivity index is 0.00000187. The summed E-state index contributed by atoms with van der Waals surface area (Å²) in [4.78, 5) is 0. The Labute approximate surface area is 250 Å². The Morgan fingerprint density at radius 3 is 1.20 bits per heavy atom. The van der Waals surface area contributed by atoms with Crippen molar-refractivity contribution in [2.45, 2.75) is 116 Å². The van der Waals surface area contributed by atoms with Crippen LogP contribution < -0.4 is 0 Å². The summed E-state index contributed by atoms with van der Waals surface area (Å²) in [6.45, 7) is 26.2. The van der Waals surface area contributed by atoms with E-state index in [0.717, 1.165) is 60.0 Å². The molecule has 0 aliphatic carbocycles. The maximum absolute atomic E-state index is 10.5. The highest BCUT2D eigenvalue weighted by atomic mass is 28.4. The van der Waals surface area contributed by atoms with E-state index in [4.69, 9.17) is 8.23 Å². The molecule has 0 aromatic heterocycles. The molecular weight excluding hydrogens is 581 g/mol. The summed E-state index contributed by atoms with van der Waals surface area (Å²) in [6, 6.07) is 13.9. The van der Waals surface area contributed by atoms with Gasteiger partial charge >= 0.3 is 0 Å². The first kappa shape index (κ1) is 36.9. The van der Waals surface area contributed by atoms with Crippen LogP contribution in [0.25, 0.3) is 11.1 Å². The molecule has 0 spiro atoms. The number of benzene rings is 2. The Morgan fingerprint density at radius 1 is 0.625 bits per heavy atom. The predicted octanol–water partition coefficient (Wildman–Crippen LogP) is 9.41.